The van der Waals surface area contributed by atoms with Crippen LogP contribution in [0.4, 0.5) is 0 Å². The molecule has 0 radical (unpaired) electrons. The number of carbonyl (C=O) groups is 2. The molecule has 2 aliphatic heterocycles. The Kier molecular flexibility index (Phi) is 5.67. The highest BCUT2D eigenvalue weighted by Crippen LogP contribution is 2.24. The van der Waals surface area contributed by atoms with Crippen molar-refractivity contribution in [3.8, 4) is 0 Å². The fraction of sp³-hybridized carbons (Fsp3) is 0.867. The lowest BCUT2D eigenvalue weighted by Crippen LogP contribution is -2.37. The van der Waals surface area contributed by atoms with Crippen molar-refractivity contribution in [1.29, 1.82) is 0 Å². The van der Waals surface area contributed by atoms with Crippen molar-refractivity contribution >= 4 is 11.9 Å². The number of ether oxygens (including phenoxy) is 2. The van der Waals surface area contributed by atoms with Gasteiger partial charge in [0, 0.05) is 12.8 Å². The third-order valence-electron chi connectivity index (χ3n) is 3.97. The van der Waals surface area contributed by atoms with Gasteiger partial charge in [0.15, 0.2) is 0 Å². The molecule has 0 aromatic rings. The van der Waals surface area contributed by atoms with E-state index in [1.54, 1.807) is 0 Å². The molecular formula is C15H24O4. The maximum absolute atomic E-state index is 11.8. The van der Waals surface area contributed by atoms with E-state index in [0.717, 1.165) is 38.5 Å². The first-order chi connectivity index (χ1) is 9.25. The molecule has 2 heterocycles. The Morgan fingerprint density at radius 2 is 1.11 bits per heavy atom. The molecule has 0 aromatic heterocycles. The van der Waals surface area contributed by atoms with E-state index in [1.807, 2.05) is 0 Å². The van der Waals surface area contributed by atoms with Gasteiger partial charge in [-0.1, -0.05) is 25.7 Å². The molecule has 0 aliphatic carbocycles. The molecule has 2 saturated heterocycles. The molecule has 0 amide bonds. The minimum absolute atomic E-state index is 0.131. The molecule has 19 heavy (non-hydrogen) atoms. The summed E-state index contributed by atoms with van der Waals surface area (Å²) >= 11 is 0. The second-order valence-electron chi connectivity index (χ2n) is 5.61. The number of cyclic esters (lactones) is 2. The van der Waals surface area contributed by atoms with Gasteiger partial charge in [-0.3, -0.25) is 9.59 Å². The summed E-state index contributed by atoms with van der Waals surface area (Å²) in [5.74, 6) is -0.282. The third kappa shape index (κ3) is 4.84. The summed E-state index contributed by atoms with van der Waals surface area (Å²) in [6, 6.07) is 0. The van der Waals surface area contributed by atoms with Crippen molar-refractivity contribution in [2.75, 3.05) is 0 Å². The monoisotopic (exact) mass is 268 g/mol. The molecule has 2 aliphatic rings. The van der Waals surface area contributed by atoms with Crippen LogP contribution in [0.2, 0.25) is 0 Å². The fourth-order valence-electron chi connectivity index (χ4n) is 2.87. The zero-order valence-corrected chi connectivity index (χ0v) is 11.6. The van der Waals surface area contributed by atoms with Gasteiger partial charge in [-0.2, -0.15) is 0 Å². The van der Waals surface area contributed by atoms with Crippen molar-refractivity contribution in [1.82, 2.24) is 0 Å². The van der Waals surface area contributed by atoms with Crippen LogP contribution in [0.3, 0.4) is 0 Å². The highest BCUT2D eigenvalue weighted by Gasteiger charge is 2.31. The van der Waals surface area contributed by atoms with Crippen LogP contribution in [0.25, 0.3) is 0 Å². The molecule has 0 N–H and O–H groups in total. The summed E-state index contributed by atoms with van der Waals surface area (Å²) in [7, 11) is 0. The van der Waals surface area contributed by atoms with Crippen molar-refractivity contribution in [2.45, 2.75) is 82.8 Å². The number of hydrogen-bond acceptors (Lipinski definition) is 4. The predicted octanol–water partition coefficient (Wildman–Crippen LogP) is 3.13. The van der Waals surface area contributed by atoms with Gasteiger partial charge in [0.1, 0.15) is 12.2 Å². The minimum atomic E-state index is -0.227. The molecule has 108 valence electrons. The molecule has 2 rings (SSSR count). The number of rotatable bonds is 1. The molecular weight excluding hydrogens is 244 g/mol. The maximum atomic E-state index is 11.8. The Hall–Kier alpha value is -1.06. The SMILES string of the molecule is O=C1CCCCCCCCC(C2CCCC(=O)O2)O1. The molecule has 0 saturated carbocycles. The molecule has 0 bridgehead atoms. The van der Waals surface area contributed by atoms with Gasteiger partial charge in [0.05, 0.1) is 0 Å². The molecule has 4 heteroatoms. The summed E-state index contributed by atoms with van der Waals surface area (Å²) in [6.07, 6.45) is 9.72. The lowest BCUT2D eigenvalue weighted by atomic mass is 9.99. The highest BCUT2D eigenvalue weighted by atomic mass is 16.6. The van der Waals surface area contributed by atoms with E-state index in [2.05, 4.69) is 0 Å². The Balaban J connectivity index is 1.93. The van der Waals surface area contributed by atoms with Crippen molar-refractivity contribution < 1.29 is 19.1 Å². The lowest BCUT2D eigenvalue weighted by Gasteiger charge is -2.29. The van der Waals surface area contributed by atoms with E-state index in [1.165, 1.54) is 19.3 Å². The van der Waals surface area contributed by atoms with Gasteiger partial charge < -0.3 is 9.47 Å². The Morgan fingerprint density at radius 1 is 0.632 bits per heavy atom. The summed E-state index contributed by atoms with van der Waals surface area (Å²) in [6.45, 7) is 0. The van der Waals surface area contributed by atoms with Crippen LogP contribution in [-0.4, -0.2) is 24.1 Å². The van der Waals surface area contributed by atoms with Gasteiger partial charge >= 0.3 is 11.9 Å². The van der Waals surface area contributed by atoms with E-state index in [9.17, 15) is 9.59 Å². The van der Waals surface area contributed by atoms with Crippen LogP contribution in [0.1, 0.15) is 70.6 Å². The van der Waals surface area contributed by atoms with Crippen LogP contribution >= 0.6 is 0 Å². The zero-order valence-electron chi connectivity index (χ0n) is 11.6. The lowest BCUT2D eigenvalue weighted by molar-refractivity contribution is -0.173. The predicted molar refractivity (Wildman–Crippen MR) is 70.5 cm³/mol. The quantitative estimate of drug-likeness (QED) is 0.686. The van der Waals surface area contributed by atoms with Crippen LogP contribution < -0.4 is 0 Å². The molecule has 4 nitrogen and oxygen atoms in total. The zero-order chi connectivity index (χ0) is 13.5. The van der Waals surface area contributed by atoms with Crippen molar-refractivity contribution in [2.24, 2.45) is 0 Å². The van der Waals surface area contributed by atoms with E-state index < -0.39 is 0 Å². The molecule has 2 fully saturated rings. The second-order valence-corrected chi connectivity index (χ2v) is 5.61. The third-order valence-corrected chi connectivity index (χ3v) is 3.97. The Labute approximate surface area is 114 Å². The topological polar surface area (TPSA) is 52.6 Å². The van der Waals surface area contributed by atoms with Crippen LogP contribution in [0, 0.1) is 0 Å². The average molecular weight is 268 g/mol. The van der Waals surface area contributed by atoms with Gasteiger partial charge in [0.25, 0.3) is 0 Å². The molecule has 2 atom stereocenters. The van der Waals surface area contributed by atoms with Crippen LogP contribution in [0.15, 0.2) is 0 Å². The second kappa shape index (κ2) is 7.51. The molecule has 2 unspecified atom stereocenters. The number of hydrogen-bond donors (Lipinski definition) is 0. The highest BCUT2D eigenvalue weighted by molar-refractivity contribution is 5.71. The van der Waals surface area contributed by atoms with Crippen LogP contribution in [-0.2, 0) is 19.1 Å². The number of carbonyl (C=O) groups excluding carboxylic acids is 2. The summed E-state index contributed by atoms with van der Waals surface area (Å²) < 4.78 is 10.9. The first-order valence-corrected chi connectivity index (χ1v) is 7.64. The standard InChI is InChI=1S/C15H24O4/c16-14-10-6-4-2-1-3-5-8-12(18-14)13-9-7-11-15(17)19-13/h12-13H,1-11H2. The summed E-state index contributed by atoms with van der Waals surface area (Å²) in [4.78, 5) is 23.2. The van der Waals surface area contributed by atoms with E-state index in [-0.39, 0.29) is 24.1 Å². The summed E-state index contributed by atoms with van der Waals surface area (Å²) in [5, 5.41) is 0. The number of esters is 2. The van der Waals surface area contributed by atoms with Gasteiger partial charge in [-0.25, -0.2) is 0 Å². The first kappa shape index (κ1) is 14.4. The van der Waals surface area contributed by atoms with E-state index in [4.69, 9.17) is 9.47 Å². The first-order valence-electron chi connectivity index (χ1n) is 7.64. The molecule has 0 spiro atoms. The minimum Gasteiger partial charge on any atom is -0.458 e. The van der Waals surface area contributed by atoms with E-state index in [0.29, 0.717) is 12.8 Å². The smallest absolute Gasteiger partial charge is 0.306 e. The van der Waals surface area contributed by atoms with Gasteiger partial charge in [-0.15, -0.1) is 0 Å². The maximum Gasteiger partial charge on any atom is 0.306 e. The largest absolute Gasteiger partial charge is 0.458 e. The fourth-order valence-corrected chi connectivity index (χ4v) is 2.87. The van der Waals surface area contributed by atoms with Crippen molar-refractivity contribution in [3.63, 3.8) is 0 Å². The molecule has 0 aromatic carbocycles. The Morgan fingerprint density at radius 3 is 1.74 bits per heavy atom. The van der Waals surface area contributed by atoms with Gasteiger partial charge in [-0.05, 0) is 32.1 Å². The van der Waals surface area contributed by atoms with Crippen molar-refractivity contribution in [3.05, 3.63) is 0 Å². The van der Waals surface area contributed by atoms with Crippen LogP contribution in [0.5, 0.6) is 0 Å². The Bertz CT molecular complexity index is 313. The average Bonchev–Trinajstić information content (AvgIpc) is 2.44. The normalized spacial score (nSPS) is 30.9. The van der Waals surface area contributed by atoms with E-state index >= 15 is 0 Å². The van der Waals surface area contributed by atoms with Gasteiger partial charge in [0.2, 0.25) is 0 Å². The summed E-state index contributed by atoms with van der Waals surface area (Å²) in [5.41, 5.74) is 0.